The molecule has 1 unspecified atom stereocenters. The summed E-state index contributed by atoms with van der Waals surface area (Å²) in [6.07, 6.45) is 10.0. The summed E-state index contributed by atoms with van der Waals surface area (Å²) < 4.78 is 1.96. The van der Waals surface area contributed by atoms with Crippen LogP contribution in [0.1, 0.15) is 19.3 Å². The van der Waals surface area contributed by atoms with E-state index in [1.54, 1.807) is 12.5 Å². The van der Waals surface area contributed by atoms with Gasteiger partial charge in [-0.15, -0.1) is 0 Å². The number of aliphatic hydroxyl groups is 1. The lowest BCUT2D eigenvalue weighted by Crippen LogP contribution is -2.10. The molecule has 1 N–H and O–H groups in total. The van der Waals surface area contributed by atoms with Crippen LogP contribution in [0.5, 0.6) is 0 Å². The predicted molar refractivity (Wildman–Crippen MR) is 46.4 cm³/mol. The molecule has 0 fully saturated rings. The molecule has 0 saturated heterocycles. The molecule has 1 aromatic heterocycles. The molecule has 1 aromatic rings. The van der Waals surface area contributed by atoms with E-state index in [1.165, 1.54) is 0 Å². The molecule has 0 amide bonds. The van der Waals surface area contributed by atoms with Crippen molar-refractivity contribution in [3.8, 4) is 0 Å². The second-order valence-electron chi connectivity index (χ2n) is 3.09. The lowest BCUT2D eigenvalue weighted by atomic mass is 10.0. The van der Waals surface area contributed by atoms with Gasteiger partial charge in [-0.3, -0.25) is 0 Å². The molecule has 0 aliphatic heterocycles. The molecule has 3 nitrogen and oxygen atoms in total. The monoisotopic (exact) mass is 164 g/mol. The zero-order valence-corrected chi connectivity index (χ0v) is 6.85. The van der Waals surface area contributed by atoms with E-state index in [-0.39, 0.29) is 6.10 Å². The Morgan fingerprint density at radius 1 is 1.58 bits per heavy atom. The van der Waals surface area contributed by atoms with Crippen LogP contribution in [-0.4, -0.2) is 20.8 Å². The standard InChI is InChI=1S/C9H12N2O/c12-9-3-1-2-8(6-9)11-5-4-10-7-11/h4-7,9,12H,1-3H2. The van der Waals surface area contributed by atoms with Gasteiger partial charge in [-0.05, 0) is 25.3 Å². The fourth-order valence-corrected chi connectivity index (χ4v) is 1.53. The van der Waals surface area contributed by atoms with Crippen LogP contribution in [0, 0.1) is 0 Å². The van der Waals surface area contributed by atoms with Gasteiger partial charge < -0.3 is 9.67 Å². The third kappa shape index (κ3) is 1.41. The number of hydrogen-bond acceptors (Lipinski definition) is 2. The molecule has 0 spiro atoms. The van der Waals surface area contributed by atoms with Crippen molar-refractivity contribution in [3.63, 3.8) is 0 Å². The highest BCUT2D eigenvalue weighted by atomic mass is 16.3. The topological polar surface area (TPSA) is 38.0 Å². The molecule has 1 aliphatic carbocycles. The highest BCUT2D eigenvalue weighted by Crippen LogP contribution is 2.21. The van der Waals surface area contributed by atoms with Crippen LogP contribution in [0.15, 0.2) is 24.8 Å². The van der Waals surface area contributed by atoms with Gasteiger partial charge in [-0.1, -0.05) is 0 Å². The van der Waals surface area contributed by atoms with Gasteiger partial charge in [0.15, 0.2) is 0 Å². The Hall–Kier alpha value is -1.09. The largest absolute Gasteiger partial charge is 0.389 e. The summed E-state index contributed by atoms with van der Waals surface area (Å²) in [4.78, 5) is 3.96. The second kappa shape index (κ2) is 3.11. The Morgan fingerprint density at radius 2 is 2.50 bits per heavy atom. The van der Waals surface area contributed by atoms with E-state index in [0.717, 1.165) is 25.0 Å². The zero-order chi connectivity index (χ0) is 8.39. The number of imidazole rings is 1. The molecule has 1 aliphatic rings. The Morgan fingerprint density at radius 3 is 3.17 bits per heavy atom. The van der Waals surface area contributed by atoms with Crippen LogP contribution in [-0.2, 0) is 0 Å². The van der Waals surface area contributed by atoms with Gasteiger partial charge in [0.25, 0.3) is 0 Å². The number of rotatable bonds is 1. The van der Waals surface area contributed by atoms with Crippen molar-refractivity contribution in [2.75, 3.05) is 0 Å². The molecule has 0 bridgehead atoms. The third-order valence-electron chi connectivity index (χ3n) is 2.15. The van der Waals surface area contributed by atoms with Crippen LogP contribution in [0.3, 0.4) is 0 Å². The average molecular weight is 164 g/mol. The summed E-state index contributed by atoms with van der Waals surface area (Å²) in [6.45, 7) is 0. The maximum absolute atomic E-state index is 9.37. The van der Waals surface area contributed by atoms with Crippen LogP contribution in [0.4, 0.5) is 0 Å². The van der Waals surface area contributed by atoms with Gasteiger partial charge in [0, 0.05) is 18.1 Å². The van der Waals surface area contributed by atoms with Crippen LogP contribution in [0.25, 0.3) is 5.70 Å². The Bertz CT molecular complexity index is 277. The molecule has 0 saturated carbocycles. The summed E-state index contributed by atoms with van der Waals surface area (Å²) >= 11 is 0. The maximum atomic E-state index is 9.37. The first-order valence-corrected chi connectivity index (χ1v) is 4.23. The van der Waals surface area contributed by atoms with Crippen LogP contribution < -0.4 is 0 Å². The van der Waals surface area contributed by atoms with Crippen molar-refractivity contribution < 1.29 is 5.11 Å². The van der Waals surface area contributed by atoms with Gasteiger partial charge >= 0.3 is 0 Å². The number of hydrogen-bond donors (Lipinski definition) is 1. The molecule has 1 atom stereocenters. The van der Waals surface area contributed by atoms with Crippen LogP contribution in [0.2, 0.25) is 0 Å². The van der Waals surface area contributed by atoms with Crippen molar-refractivity contribution in [2.45, 2.75) is 25.4 Å². The van der Waals surface area contributed by atoms with E-state index >= 15 is 0 Å². The van der Waals surface area contributed by atoms with Gasteiger partial charge in [0.2, 0.25) is 0 Å². The molecular weight excluding hydrogens is 152 g/mol. The summed E-state index contributed by atoms with van der Waals surface area (Å²) in [5.41, 5.74) is 1.16. The highest BCUT2D eigenvalue weighted by Gasteiger charge is 2.11. The number of nitrogens with zero attached hydrogens (tertiary/aromatic N) is 2. The smallest absolute Gasteiger partial charge is 0.0989 e. The van der Waals surface area contributed by atoms with Gasteiger partial charge in [-0.25, -0.2) is 4.98 Å². The molecule has 64 valence electrons. The fraction of sp³-hybridized carbons (Fsp3) is 0.444. The van der Waals surface area contributed by atoms with E-state index in [9.17, 15) is 5.11 Å². The molecule has 0 radical (unpaired) electrons. The quantitative estimate of drug-likeness (QED) is 0.678. The van der Waals surface area contributed by atoms with Crippen molar-refractivity contribution in [2.24, 2.45) is 0 Å². The van der Waals surface area contributed by atoms with Crippen LogP contribution >= 0.6 is 0 Å². The Balaban J connectivity index is 2.23. The lowest BCUT2D eigenvalue weighted by Gasteiger charge is -2.17. The first kappa shape index (κ1) is 7.55. The third-order valence-corrected chi connectivity index (χ3v) is 2.15. The second-order valence-corrected chi connectivity index (χ2v) is 3.09. The average Bonchev–Trinajstić information content (AvgIpc) is 2.56. The van der Waals surface area contributed by atoms with E-state index in [2.05, 4.69) is 4.98 Å². The van der Waals surface area contributed by atoms with E-state index in [0.29, 0.717) is 0 Å². The van der Waals surface area contributed by atoms with Crippen molar-refractivity contribution in [3.05, 3.63) is 24.8 Å². The molecule has 12 heavy (non-hydrogen) atoms. The van der Waals surface area contributed by atoms with Crippen molar-refractivity contribution >= 4 is 5.70 Å². The van der Waals surface area contributed by atoms with Crippen molar-refractivity contribution in [1.29, 1.82) is 0 Å². The van der Waals surface area contributed by atoms with E-state index in [1.807, 2.05) is 16.8 Å². The summed E-state index contributed by atoms with van der Waals surface area (Å²) in [6, 6.07) is 0. The normalized spacial score (nSPS) is 23.8. The number of aromatic nitrogens is 2. The Labute approximate surface area is 71.4 Å². The van der Waals surface area contributed by atoms with Gasteiger partial charge in [0.05, 0.1) is 12.4 Å². The fourth-order valence-electron chi connectivity index (χ4n) is 1.53. The molecule has 3 heteroatoms. The minimum Gasteiger partial charge on any atom is -0.389 e. The maximum Gasteiger partial charge on any atom is 0.0989 e. The zero-order valence-electron chi connectivity index (χ0n) is 6.85. The number of aliphatic hydroxyl groups excluding tert-OH is 1. The summed E-state index contributed by atoms with van der Waals surface area (Å²) in [7, 11) is 0. The van der Waals surface area contributed by atoms with E-state index in [4.69, 9.17) is 0 Å². The van der Waals surface area contributed by atoms with Crippen molar-refractivity contribution in [1.82, 2.24) is 9.55 Å². The van der Waals surface area contributed by atoms with Gasteiger partial charge in [-0.2, -0.15) is 0 Å². The van der Waals surface area contributed by atoms with E-state index < -0.39 is 0 Å². The molecule has 1 heterocycles. The highest BCUT2D eigenvalue weighted by molar-refractivity contribution is 5.46. The number of allylic oxidation sites excluding steroid dienone is 1. The minimum absolute atomic E-state index is 0.267. The molecule has 0 aromatic carbocycles. The summed E-state index contributed by atoms with van der Waals surface area (Å²) in [5.74, 6) is 0. The lowest BCUT2D eigenvalue weighted by molar-refractivity contribution is 0.205. The molecular formula is C9H12N2O. The predicted octanol–water partition coefficient (Wildman–Crippen LogP) is 1.27. The first-order valence-electron chi connectivity index (χ1n) is 4.23. The van der Waals surface area contributed by atoms with Gasteiger partial charge in [0.1, 0.15) is 0 Å². The minimum atomic E-state index is -0.267. The molecule has 2 rings (SSSR count). The first-order chi connectivity index (χ1) is 5.86. The summed E-state index contributed by atoms with van der Waals surface area (Å²) in [5, 5.41) is 9.37. The Kier molecular flexibility index (Phi) is 1.96. The SMILES string of the molecule is OC1C=C(n2ccnc2)CCC1.